The van der Waals surface area contributed by atoms with Gasteiger partial charge in [-0.1, -0.05) is 6.07 Å². The van der Waals surface area contributed by atoms with Gasteiger partial charge in [0, 0.05) is 24.8 Å². The monoisotopic (exact) mass is 277 g/mol. The Labute approximate surface area is 122 Å². The maximum atomic E-state index is 12.5. The molecule has 1 rings (SSSR count). The Hall–Kier alpha value is -1.19. The van der Waals surface area contributed by atoms with Crippen LogP contribution in [0.5, 0.6) is 0 Å². The summed E-state index contributed by atoms with van der Waals surface area (Å²) in [5, 5.41) is 8.95. The van der Waals surface area contributed by atoms with Gasteiger partial charge in [-0.2, -0.15) is 0 Å². The smallest absolute Gasteiger partial charge is 0.177 e. The Morgan fingerprint density at radius 1 is 1.15 bits per heavy atom. The third kappa shape index (κ3) is 4.43. The number of aliphatic hydroxyl groups excluding tert-OH is 1. The van der Waals surface area contributed by atoms with Gasteiger partial charge < -0.3 is 5.11 Å². The lowest BCUT2D eigenvalue weighted by molar-refractivity contribution is 0.0896. The molecule has 0 saturated carbocycles. The molecule has 0 aliphatic carbocycles. The van der Waals surface area contributed by atoms with Crippen LogP contribution < -0.4 is 0 Å². The summed E-state index contributed by atoms with van der Waals surface area (Å²) in [7, 11) is 0. The molecule has 0 fully saturated rings. The topological polar surface area (TPSA) is 40.5 Å². The summed E-state index contributed by atoms with van der Waals surface area (Å²) in [6.45, 7) is 11.6. The highest BCUT2D eigenvalue weighted by molar-refractivity contribution is 5.99. The van der Waals surface area contributed by atoms with E-state index in [1.165, 1.54) is 5.56 Å². The zero-order chi connectivity index (χ0) is 15.3. The van der Waals surface area contributed by atoms with Gasteiger partial charge in [0.1, 0.15) is 0 Å². The van der Waals surface area contributed by atoms with Crippen LogP contribution >= 0.6 is 0 Å². The van der Waals surface area contributed by atoms with Crippen molar-refractivity contribution in [2.45, 2.75) is 47.1 Å². The van der Waals surface area contributed by atoms with Gasteiger partial charge in [-0.25, -0.2) is 0 Å². The standard InChI is InChI=1S/C17H27NO2/c1-12(2)18(7-6-8-19)11-17(20)16-10-14(4)13(3)9-15(16)5/h9-10,12,19H,6-8,11H2,1-5H3. The number of hydrogen-bond donors (Lipinski definition) is 1. The van der Waals surface area contributed by atoms with Crippen molar-refractivity contribution in [2.75, 3.05) is 19.7 Å². The first-order valence-corrected chi connectivity index (χ1v) is 7.32. The number of benzene rings is 1. The molecule has 1 aromatic rings. The molecular formula is C17H27NO2. The van der Waals surface area contributed by atoms with Gasteiger partial charge >= 0.3 is 0 Å². The first-order valence-electron chi connectivity index (χ1n) is 7.32. The van der Waals surface area contributed by atoms with Gasteiger partial charge in [0.05, 0.1) is 6.54 Å². The summed E-state index contributed by atoms with van der Waals surface area (Å²) < 4.78 is 0. The second-order valence-corrected chi connectivity index (χ2v) is 5.82. The molecular weight excluding hydrogens is 250 g/mol. The minimum absolute atomic E-state index is 0.164. The molecule has 0 atom stereocenters. The SMILES string of the molecule is Cc1cc(C)c(C(=O)CN(CCCO)C(C)C)cc1C. The zero-order valence-corrected chi connectivity index (χ0v) is 13.4. The Morgan fingerprint density at radius 3 is 2.30 bits per heavy atom. The molecule has 3 heteroatoms. The number of rotatable bonds is 7. The van der Waals surface area contributed by atoms with Crippen molar-refractivity contribution in [1.29, 1.82) is 0 Å². The fourth-order valence-electron chi connectivity index (χ4n) is 2.32. The van der Waals surface area contributed by atoms with Gasteiger partial charge in [-0.05, 0) is 63.8 Å². The van der Waals surface area contributed by atoms with E-state index < -0.39 is 0 Å². The van der Waals surface area contributed by atoms with E-state index in [9.17, 15) is 4.79 Å². The molecule has 0 aliphatic heterocycles. The van der Waals surface area contributed by atoms with Crippen LogP contribution in [-0.4, -0.2) is 41.5 Å². The minimum Gasteiger partial charge on any atom is -0.396 e. The van der Waals surface area contributed by atoms with E-state index in [-0.39, 0.29) is 12.4 Å². The molecule has 1 N–H and O–H groups in total. The van der Waals surface area contributed by atoms with E-state index in [0.29, 0.717) is 19.0 Å². The molecule has 0 aromatic heterocycles. The number of nitrogens with zero attached hydrogens (tertiary/aromatic N) is 1. The normalized spacial score (nSPS) is 11.4. The maximum absolute atomic E-state index is 12.5. The fourth-order valence-corrected chi connectivity index (χ4v) is 2.32. The lowest BCUT2D eigenvalue weighted by Crippen LogP contribution is -2.37. The third-order valence-corrected chi connectivity index (χ3v) is 3.82. The van der Waals surface area contributed by atoms with E-state index in [1.807, 2.05) is 19.9 Å². The van der Waals surface area contributed by atoms with Crippen LogP contribution in [0.1, 0.15) is 47.3 Å². The van der Waals surface area contributed by atoms with Gasteiger partial charge in [-0.3, -0.25) is 9.69 Å². The van der Waals surface area contributed by atoms with E-state index in [4.69, 9.17) is 5.11 Å². The van der Waals surface area contributed by atoms with E-state index in [2.05, 4.69) is 31.7 Å². The first-order chi connectivity index (χ1) is 9.36. The number of carbonyl (C=O) groups excluding carboxylic acids is 1. The van der Waals surface area contributed by atoms with Crippen LogP contribution in [0.4, 0.5) is 0 Å². The quantitative estimate of drug-likeness (QED) is 0.779. The highest BCUT2D eigenvalue weighted by Gasteiger charge is 2.17. The average molecular weight is 277 g/mol. The lowest BCUT2D eigenvalue weighted by atomic mass is 9.97. The Kier molecular flexibility index (Phi) is 6.37. The predicted molar refractivity (Wildman–Crippen MR) is 83.4 cm³/mol. The second kappa shape index (κ2) is 7.55. The Bertz CT molecular complexity index is 466. The number of Topliss-reactive ketones (excluding diaryl/α,β-unsaturated/α-hetero) is 1. The molecule has 20 heavy (non-hydrogen) atoms. The molecule has 1 aromatic carbocycles. The number of carbonyl (C=O) groups is 1. The molecule has 3 nitrogen and oxygen atoms in total. The number of hydrogen-bond acceptors (Lipinski definition) is 3. The predicted octanol–water partition coefficient (Wildman–Crippen LogP) is 2.89. The summed E-state index contributed by atoms with van der Waals surface area (Å²) in [5.41, 5.74) is 4.25. The Balaban J connectivity index is 2.86. The number of aryl methyl sites for hydroxylation is 3. The lowest BCUT2D eigenvalue weighted by Gasteiger charge is -2.25. The molecule has 0 bridgehead atoms. The van der Waals surface area contributed by atoms with Gasteiger partial charge in [0.15, 0.2) is 5.78 Å². The molecule has 0 spiro atoms. The second-order valence-electron chi connectivity index (χ2n) is 5.82. The van der Waals surface area contributed by atoms with E-state index in [1.54, 1.807) is 0 Å². The fraction of sp³-hybridized carbons (Fsp3) is 0.588. The van der Waals surface area contributed by atoms with Gasteiger partial charge in [0.2, 0.25) is 0 Å². The molecule has 0 amide bonds. The van der Waals surface area contributed by atoms with Crippen LogP contribution in [-0.2, 0) is 0 Å². The highest BCUT2D eigenvalue weighted by Crippen LogP contribution is 2.16. The van der Waals surface area contributed by atoms with Gasteiger partial charge in [-0.15, -0.1) is 0 Å². The van der Waals surface area contributed by atoms with E-state index >= 15 is 0 Å². The Morgan fingerprint density at radius 2 is 1.75 bits per heavy atom. The number of aliphatic hydroxyl groups is 1. The summed E-state index contributed by atoms with van der Waals surface area (Å²) in [6, 6.07) is 4.38. The van der Waals surface area contributed by atoms with Crippen LogP contribution in [0.2, 0.25) is 0 Å². The van der Waals surface area contributed by atoms with Crippen LogP contribution in [0, 0.1) is 20.8 Å². The van der Waals surface area contributed by atoms with Crippen molar-refractivity contribution in [3.63, 3.8) is 0 Å². The highest BCUT2D eigenvalue weighted by atomic mass is 16.3. The largest absolute Gasteiger partial charge is 0.396 e. The van der Waals surface area contributed by atoms with Crippen LogP contribution in [0.25, 0.3) is 0 Å². The van der Waals surface area contributed by atoms with Crippen molar-refractivity contribution in [3.05, 3.63) is 34.4 Å². The molecule has 112 valence electrons. The third-order valence-electron chi connectivity index (χ3n) is 3.82. The van der Waals surface area contributed by atoms with Crippen molar-refractivity contribution in [1.82, 2.24) is 4.90 Å². The van der Waals surface area contributed by atoms with Crippen molar-refractivity contribution in [3.8, 4) is 0 Å². The molecule has 0 saturated heterocycles. The average Bonchev–Trinajstić information content (AvgIpc) is 2.38. The molecule has 0 aliphatic rings. The first kappa shape index (κ1) is 16.9. The molecule has 0 radical (unpaired) electrons. The maximum Gasteiger partial charge on any atom is 0.177 e. The van der Waals surface area contributed by atoms with Crippen molar-refractivity contribution < 1.29 is 9.90 Å². The van der Waals surface area contributed by atoms with Crippen LogP contribution in [0.3, 0.4) is 0 Å². The molecule has 0 unspecified atom stereocenters. The summed E-state index contributed by atoms with van der Waals surface area (Å²) >= 11 is 0. The van der Waals surface area contributed by atoms with Crippen molar-refractivity contribution >= 4 is 5.78 Å². The zero-order valence-electron chi connectivity index (χ0n) is 13.4. The number of ketones is 1. The van der Waals surface area contributed by atoms with Gasteiger partial charge in [0.25, 0.3) is 0 Å². The summed E-state index contributed by atoms with van der Waals surface area (Å²) in [5.74, 6) is 0.164. The summed E-state index contributed by atoms with van der Waals surface area (Å²) in [4.78, 5) is 14.6. The van der Waals surface area contributed by atoms with Crippen molar-refractivity contribution in [2.24, 2.45) is 0 Å². The van der Waals surface area contributed by atoms with E-state index in [0.717, 1.165) is 23.2 Å². The molecule has 0 heterocycles. The minimum atomic E-state index is 0.164. The van der Waals surface area contributed by atoms with Crippen LogP contribution in [0.15, 0.2) is 12.1 Å². The summed E-state index contributed by atoms with van der Waals surface area (Å²) in [6.07, 6.45) is 0.706.